The fourth-order valence-electron chi connectivity index (χ4n) is 1.77. The van der Waals surface area contributed by atoms with E-state index in [4.69, 9.17) is 0 Å². The summed E-state index contributed by atoms with van der Waals surface area (Å²) in [6, 6.07) is 1.83. The van der Waals surface area contributed by atoms with Crippen LogP contribution in [-0.2, 0) is 4.79 Å². The fourth-order valence-corrected chi connectivity index (χ4v) is 1.77. The van der Waals surface area contributed by atoms with Gasteiger partial charge in [0.2, 0.25) is 5.91 Å². The summed E-state index contributed by atoms with van der Waals surface area (Å²) in [6.45, 7) is 2.29. The van der Waals surface area contributed by atoms with Gasteiger partial charge in [0.05, 0.1) is 12.5 Å². The van der Waals surface area contributed by atoms with Crippen molar-refractivity contribution in [1.29, 1.82) is 0 Å². The van der Waals surface area contributed by atoms with E-state index in [2.05, 4.69) is 15.3 Å². The highest BCUT2D eigenvalue weighted by atomic mass is 19.3. The number of alkyl halides is 2. The summed E-state index contributed by atoms with van der Waals surface area (Å²) in [5.74, 6) is 0.205. The van der Waals surface area contributed by atoms with Crippen LogP contribution in [0.3, 0.4) is 0 Å². The van der Waals surface area contributed by atoms with Crippen molar-refractivity contribution in [3.05, 3.63) is 18.1 Å². The van der Waals surface area contributed by atoms with Gasteiger partial charge in [-0.25, -0.2) is 18.7 Å². The first kappa shape index (κ1) is 12.7. The van der Waals surface area contributed by atoms with Gasteiger partial charge in [-0.15, -0.1) is 0 Å². The molecule has 1 aliphatic rings. The van der Waals surface area contributed by atoms with Crippen molar-refractivity contribution in [3.63, 3.8) is 0 Å². The van der Waals surface area contributed by atoms with Gasteiger partial charge in [0, 0.05) is 24.8 Å². The number of anilines is 1. The Balaban J connectivity index is 1.81. The molecular weight excluding hydrogens is 242 g/mol. The lowest BCUT2D eigenvalue weighted by atomic mass is 9.99. The number of hydrogen-bond donors (Lipinski definition) is 1. The Morgan fingerprint density at radius 3 is 2.89 bits per heavy atom. The summed E-state index contributed by atoms with van der Waals surface area (Å²) in [5.41, 5.74) is 0.852. The van der Waals surface area contributed by atoms with Gasteiger partial charge in [0.1, 0.15) is 12.1 Å². The van der Waals surface area contributed by atoms with Crippen LogP contribution in [0.15, 0.2) is 12.4 Å². The SMILES string of the molecule is Cc1cc(N2CC(C(=O)NCC(F)F)C2)ncn1. The minimum absolute atomic E-state index is 0.237. The van der Waals surface area contributed by atoms with Crippen LogP contribution in [0.1, 0.15) is 5.69 Å². The normalized spacial score (nSPS) is 15.7. The second-order valence-electron chi connectivity index (χ2n) is 4.26. The molecule has 0 aliphatic carbocycles. The van der Waals surface area contributed by atoms with Gasteiger partial charge in [-0.1, -0.05) is 0 Å². The topological polar surface area (TPSA) is 58.1 Å². The van der Waals surface area contributed by atoms with Crippen LogP contribution in [0.4, 0.5) is 14.6 Å². The predicted molar refractivity (Wildman–Crippen MR) is 61.5 cm³/mol. The van der Waals surface area contributed by atoms with Gasteiger partial charge in [0.25, 0.3) is 6.43 Å². The summed E-state index contributed by atoms with van der Waals surface area (Å²) in [7, 11) is 0. The van der Waals surface area contributed by atoms with E-state index in [1.165, 1.54) is 6.33 Å². The summed E-state index contributed by atoms with van der Waals surface area (Å²) in [5, 5.41) is 2.22. The van der Waals surface area contributed by atoms with Crippen molar-refractivity contribution in [2.24, 2.45) is 5.92 Å². The van der Waals surface area contributed by atoms with Gasteiger partial charge in [0.15, 0.2) is 0 Å². The zero-order valence-electron chi connectivity index (χ0n) is 9.94. The van der Waals surface area contributed by atoms with E-state index in [0.29, 0.717) is 13.1 Å². The van der Waals surface area contributed by atoms with Crippen molar-refractivity contribution in [3.8, 4) is 0 Å². The highest BCUT2D eigenvalue weighted by Gasteiger charge is 2.33. The first-order chi connectivity index (χ1) is 8.56. The molecule has 0 saturated carbocycles. The van der Waals surface area contributed by atoms with E-state index in [1.54, 1.807) is 0 Å². The van der Waals surface area contributed by atoms with Crippen molar-refractivity contribution in [2.45, 2.75) is 13.3 Å². The van der Waals surface area contributed by atoms with Crippen LogP contribution in [0, 0.1) is 12.8 Å². The molecule has 98 valence electrons. The number of halogens is 2. The molecule has 1 aromatic heterocycles. The van der Waals surface area contributed by atoms with E-state index in [0.717, 1.165) is 11.5 Å². The number of carbonyl (C=O) groups is 1. The third kappa shape index (κ3) is 2.91. The van der Waals surface area contributed by atoms with E-state index in [1.807, 2.05) is 17.9 Å². The molecule has 0 spiro atoms. The molecular formula is C11H14F2N4O. The maximum atomic E-state index is 11.9. The fraction of sp³-hybridized carbons (Fsp3) is 0.545. The van der Waals surface area contributed by atoms with Crippen molar-refractivity contribution in [1.82, 2.24) is 15.3 Å². The van der Waals surface area contributed by atoms with E-state index >= 15 is 0 Å². The number of rotatable bonds is 4. The molecule has 1 aromatic rings. The van der Waals surface area contributed by atoms with Crippen LogP contribution in [0.25, 0.3) is 0 Å². The van der Waals surface area contributed by atoms with E-state index in [9.17, 15) is 13.6 Å². The standard InChI is InChI=1S/C11H14F2N4O/c1-7-2-10(16-6-15-7)17-4-8(5-17)11(18)14-3-9(12)13/h2,6,8-9H,3-5H2,1H3,(H,14,18). The van der Waals surface area contributed by atoms with Crippen molar-refractivity contribution < 1.29 is 13.6 Å². The molecule has 1 amide bonds. The lowest BCUT2D eigenvalue weighted by Crippen LogP contribution is -2.54. The van der Waals surface area contributed by atoms with E-state index < -0.39 is 13.0 Å². The highest BCUT2D eigenvalue weighted by Crippen LogP contribution is 2.22. The van der Waals surface area contributed by atoms with Crippen LogP contribution in [0.2, 0.25) is 0 Å². The molecule has 1 saturated heterocycles. The number of nitrogens with one attached hydrogen (secondary N) is 1. The van der Waals surface area contributed by atoms with Gasteiger partial charge >= 0.3 is 0 Å². The Bertz CT molecular complexity index is 435. The first-order valence-electron chi connectivity index (χ1n) is 5.65. The summed E-state index contributed by atoms with van der Waals surface area (Å²) in [4.78, 5) is 21.5. The number of aromatic nitrogens is 2. The molecule has 0 aromatic carbocycles. The third-order valence-corrected chi connectivity index (χ3v) is 2.80. The molecule has 0 unspecified atom stereocenters. The number of nitrogens with zero attached hydrogens (tertiary/aromatic N) is 3. The Kier molecular flexibility index (Phi) is 3.69. The maximum Gasteiger partial charge on any atom is 0.255 e. The largest absolute Gasteiger partial charge is 0.355 e. The second-order valence-corrected chi connectivity index (χ2v) is 4.26. The number of carbonyl (C=O) groups excluding carboxylic acids is 1. The highest BCUT2D eigenvalue weighted by molar-refractivity contribution is 5.81. The minimum Gasteiger partial charge on any atom is -0.355 e. The van der Waals surface area contributed by atoms with Crippen molar-refractivity contribution >= 4 is 11.7 Å². The number of amides is 1. The van der Waals surface area contributed by atoms with E-state index in [-0.39, 0.29) is 11.8 Å². The monoisotopic (exact) mass is 256 g/mol. The molecule has 2 rings (SSSR count). The zero-order chi connectivity index (χ0) is 13.1. The molecule has 1 N–H and O–H groups in total. The molecule has 0 atom stereocenters. The molecule has 0 bridgehead atoms. The molecule has 1 fully saturated rings. The minimum atomic E-state index is -2.50. The van der Waals surface area contributed by atoms with Crippen molar-refractivity contribution in [2.75, 3.05) is 24.5 Å². The Labute approximate surface area is 103 Å². The van der Waals surface area contributed by atoms with Gasteiger partial charge in [-0.3, -0.25) is 4.79 Å². The van der Waals surface area contributed by atoms with Crippen LogP contribution in [0.5, 0.6) is 0 Å². The number of hydrogen-bond acceptors (Lipinski definition) is 4. The number of aryl methyl sites for hydroxylation is 1. The zero-order valence-corrected chi connectivity index (χ0v) is 9.94. The van der Waals surface area contributed by atoms with Gasteiger partial charge in [-0.05, 0) is 6.92 Å². The predicted octanol–water partition coefficient (Wildman–Crippen LogP) is 0.603. The average Bonchev–Trinajstić information content (AvgIpc) is 2.24. The Morgan fingerprint density at radius 1 is 1.56 bits per heavy atom. The smallest absolute Gasteiger partial charge is 0.255 e. The summed E-state index contributed by atoms with van der Waals surface area (Å²) in [6.07, 6.45) is -1.04. The Morgan fingerprint density at radius 2 is 2.28 bits per heavy atom. The lowest BCUT2D eigenvalue weighted by Gasteiger charge is -2.39. The van der Waals surface area contributed by atoms with Crippen LogP contribution in [-0.4, -0.2) is 41.9 Å². The first-order valence-corrected chi connectivity index (χ1v) is 5.65. The average molecular weight is 256 g/mol. The van der Waals surface area contributed by atoms with Gasteiger partial charge in [-0.2, -0.15) is 0 Å². The van der Waals surface area contributed by atoms with Crippen LogP contribution >= 0.6 is 0 Å². The summed E-state index contributed by atoms with van der Waals surface area (Å²) >= 11 is 0. The third-order valence-electron chi connectivity index (χ3n) is 2.80. The molecule has 1 aliphatic heterocycles. The maximum absolute atomic E-state index is 11.9. The molecule has 7 heteroatoms. The Hall–Kier alpha value is -1.79. The quantitative estimate of drug-likeness (QED) is 0.857. The molecule has 2 heterocycles. The van der Waals surface area contributed by atoms with Crippen LogP contribution < -0.4 is 10.2 Å². The lowest BCUT2D eigenvalue weighted by molar-refractivity contribution is -0.126. The van der Waals surface area contributed by atoms with Gasteiger partial charge < -0.3 is 10.2 Å². The molecule has 0 radical (unpaired) electrons. The molecule has 5 nitrogen and oxygen atoms in total. The second kappa shape index (κ2) is 5.24. The molecule has 18 heavy (non-hydrogen) atoms. The summed E-state index contributed by atoms with van der Waals surface area (Å²) < 4.78 is 23.8.